The van der Waals surface area contributed by atoms with Gasteiger partial charge in [0.15, 0.2) is 0 Å². The van der Waals surface area contributed by atoms with Gasteiger partial charge < -0.3 is 9.72 Å². The topological polar surface area (TPSA) is 25.0 Å². The van der Waals surface area contributed by atoms with Crippen LogP contribution in [0.15, 0.2) is 59.6 Å². The van der Waals surface area contributed by atoms with Gasteiger partial charge in [-0.2, -0.15) is 0 Å². The number of hydrogen-bond donors (Lipinski definition) is 1. The van der Waals surface area contributed by atoms with Gasteiger partial charge in [0.25, 0.3) is 0 Å². The van der Waals surface area contributed by atoms with Crippen LogP contribution >= 0.6 is 11.8 Å². The smallest absolute Gasteiger partial charge is 0.118 e. The van der Waals surface area contributed by atoms with Gasteiger partial charge in [-0.1, -0.05) is 18.2 Å². The molecule has 1 atom stereocenters. The van der Waals surface area contributed by atoms with Gasteiger partial charge in [0, 0.05) is 27.2 Å². The molecule has 3 aromatic rings. The number of aromatic amines is 1. The summed E-state index contributed by atoms with van der Waals surface area (Å²) in [6.07, 6.45) is 2.12. The second-order valence-electron chi connectivity index (χ2n) is 4.73. The Balaban J connectivity index is 1.83. The minimum Gasteiger partial charge on any atom is -0.497 e. The number of aromatic nitrogens is 1. The molecule has 0 aliphatic carbocycles. The van der Waals surface area contributed by atoms with Gasteiger partial charge in [-0.25, -0.2) is 0 Å². The highest BCUT2D eigenvalue weighted by molar-refractivity contribution is 7.99. The minimum absolute atomic E-state index is 0.402. The molecule has 3 heteroatoms. The molecule has 2 nitrogen and oxygen atoms in total. The highest BCUT2D eigenvalue weighted by Crippen LogP contribution is 2.38. The molecule has 0 spiro atoms. The summed E-state index contributed by atoms with van der Waals surface area (Å²) in [4.78, 5) is 4.59. The molecule has 0 fully saturated rings. The third kappa shape index (κ3) is 2.54. The Bertz CT molecular complexity index is 702. The maximum atomic E-state index is 5.19. The van der Waals surface area contributed by atoms with E-state index in [1.807, 2.05) is 23.9 Å². The molecular formula is C17H17NOS. The first-order valence-electron chi connectivity index (χ1n) is 6.64. The normalized spacial score (nSPS) is 12.5. The molecule has 0 aliphatic rings. The molecular weight excluding hydrogens is 266 g/mol. The third-order valence-electron chi connectivity index (χ3n) is 3.43. The van der Waals surface area contributed by atoms with Crippen LogP contribution in [-0.2, 0) is 0 Å². The Morgan fingerprint density at radius 1 is 1.05 bits per heavy atom. The van der Waals surface area contributed by atoms with Gasteiger partial charge in [0.2, 0.25) is 0 Å². The quantitative estimate of drug-likeness (QED) is 0.679. The van der Waals surface area contributed by atoms with E-state index in [0.29, 0.717) is 5.25 Å². The molecule has 102 valence electrons. The van der Waals surface area contributed by atoms with E-state index in [4.69, 9.17) is 4.74 Å². The summed E-state index contributed by atoms with van der Waals surface area (Å²) in [6.45, 7) is 2.24. The second kappa shape index (κ2) is 5.63. The lowest BCUT2D eigenvalue weighted by atomic mass is 10.1. The predicted octanol–water partition coefficient (Wildman–Crippen LogP) is 5.03. The molecule has 0 saturated heterocycles. The molecule has 0 bridgehead atoms. The Labute approximate surface area is 123 Å². The predicted molar refractivity (Wildman–Crippen MR) is 85.6 cm³/mol. The number of fused-ring (bicyclic) bond motifs is 1. The third-order valence-corrected chi connectivity index (χ3v) is 4.58. The number of rotatable bonds is 4. The zero-order valence-electron chi connectivity index (χ0n) is 11.6. The fraction of sp³-hybridized carbons (Fsp3) is 0.176. The molecule has 0 amide bonds. The first kappa shape index (κ1) is 13.1. The van der Waals surface area contributed by atoms with Gasteiger partial charge in [0.1, 0.15) is 5.75 Å². The highest BCUT2D eigenvalue weighted by atomic mass is 32.2. The summed E-state index contributed by atoms with van der Waals surface area (Å²) in [5, 5.41) is 1.71. The van der Waals surface area contributed by atoms with E-state index in [1.54, 1.807) is 7.11 Å². The van der Waals surface area contributed by atoms with Crippen molar-refractivity contribution in [3.05, 3.63) is 60.3 Å². The summed E-state index contributed by atoms with van der Waals surface area (Å²) < 4.78 is 5.19. The average Bonchev–Trinajstić information content (AvgIpc) is 2.92. The Morgan fingerprint density at radius 2 is 1.80 bits per heavy atom. The van der Waals surface area contributed by atoms with Crippen LogP contribution in [0.2, 0.25) is 0 Å². The van der Waals surface area contributed by atoms with E-state index in [-0.39, 0.29) is 0 Å². The number of benzene rings is 2. The van der Waals surface area contributed by atoms with Crippen LogP contribution in [0.5, 0.6) is 5.75 Å². The van der Waals surface area contributed by atoms with Crippen LogP contribution in [-0.4, -0.2) is 12.1 Å². The van der Waals surface area contributed by atoms with Gasteiger partial charge in [0.05, 0.1) is 7.11 Å². The fourth-order valence-electron chi connectivity index (χ4n) is 2.35. The SMILES string of the molecule is COc1ccc(SC(C)c2c[nH]c3ccccc23)cc1. The van der Waals surface area contributed by atoms with Crippen LogP contribution in [0, 0.1) is 0 Å². The largest absolute Gasteiger partial charge is 0.497 e. The monoisotopic (exact) mass is 283 g/mol. The number of nitrogens with one attached hydrogen (secondary N) is 1. The van der Waals surface area contributed by atoms with Crippen molar-refractivity contribution in [1.82, 2.24) is 4.98 Å². The Kier molecular flexibility index (Phi) is 3.70. The Morgan fingerprint density at radius 3 is 2.55 bits per heavy atom. The van der Waals surface area contributed by atoms with E-state index >= 15 is 0 Å². The van der Waals surface area contributed by atoms with E-state index in [2.05, 4.69) is 54.5 Å². The van der Waals surface area contributed by atoms with Crippen molar-refractivity contribution < 1.29 is 4.74 Å². The molecule has 0 aliphatic heterocycles. The fourth-order valence-corrected chi connectivity index (χ4v) is 3.38. The van der Waals surface area contributed by atoms with E-state index in [0.717, 1.165) is 5.75 Å². The van der Waals surface area contributed by atoms with Crippen molar-refractivity contribution in [2.24, 2.45) is 0 Å². The molecule has 20 heavy (non-hydrogen) atoms. The highest BCUT2D eigenvalue weighted by Gasteiger charge is 2.12. The Hall–Kier alpha value is -1.87. The summed E-state index contributed by atoms with van der Waals surface area (Å²) in [7, 11) is 1.69. The summed E-state index contributed by atoms with van der Waals surface area (Å²) in [5.74, 6) is 0.897. The number of hydrogen-bond acceptors (Lipinski definition) is 2. The lowest BCUT2D eigenvalue weighted by Gasteiger charge is -2.11. The second-order valence-corrected chi connectivity index (χ2v) is 6.14. The summed E-state index contributed by atoms with van der Waals surface area (Å²) in [5.41, 5.74) is 2.55. The van der Waals surface area contributed by atoms with Gasteiger partial charge >= 0.3 is 0 Å². The number of thioether (sulfide) groups is 1. The maximum absolute atomic E-state index is 5.19. The zero-order chi connectivity index (χ0) is 13.9. The van der Waals surface area contributed by atoms with E-state index in [9.17, 15) is 0 Å². The first-order chi connectivity index (χ1) is 9.78. The van der Waals surface area contributed by atoms with Gasteiger partial charge in [-0.3, -0.25) is 0 Å². The maximum Gasteiger partial charge on any atom is 0.118 e. The zero-order valence-corrected chi connectivity index (χ0v) is 12.4. The van der Waals surface area contributed by atoms with Crippen LogP contribution < -0.4 is 4.74 Å². The molecule has 1 aromatic heterocycles. The van der Waals surface area contributed by atoms with E-state index in [1.165, 1.54) is 21.4 Å². The molecule has 2 aromatic carbocycles. The lowest BCUT2D eigenvalue weighted by molar-refractivity contribution is 0.414. The molecule has 3 rings (SSSR count). The first-order valence-corrected chi connectivity index (χ1v) is 7.52. The lowest BCUT2D eigenvalue weighted by Crippen LogP contribution is -1.87. The molecule has 0 radical (unpaired) electrons. The molecule has 1 unspecified atom stereocenters. The molecule has 0 saturated carbocycles. The van der Waals surface area contributed by atoms with Gasteiger partial charge in [-0.15, -0.1) is 11.8 Å². The number of methoxy groups -OCH3 is 1. The van der Waals surface area contributed by atoms with Crippen LogP contribution in [0.25, 0.3) is 10.9 Å². The van der Waals surface area contributed by atoms with Crippen LogP contribution in [0.4, 0.5) is 0 Å². The summed E-state index contributed by atoms with van der Waals surface area (Å²) >= 11 is 1.86. The molecule has 1 heterocycles. The van der Waals surface area contributed by atoms with Crippen molar-refractivity contribution in [2.75, 3.05) is 7.11 Å². The standard InChI is InChI=1S/C17H17NOS/c1-12(20-14-9-7-13(19-2)8-10-14)16-11-18-17-6-4-3-5-15(16)17/h3-12,18H,1-2H3. The average molecular weight is 283 g/mol. The number of H-pyrrole nitrogens is 1. The van der Waals surface area contributed by atoms with Gasteiger partial charge in [-0.05, 0) is 42.8 Å². The van der Waals surface area contributed by atoms with Crippen molar-refractivity contribution in [2.45, 2.75) is 17.1 Å². The summed E-state index contributed by atoms with van der Waals surface area (Å²) in [6, 6.07) is 16.7. The van der Waals surface area contributed by atoms with Crippen LogP contribution in [0.1, 0.15) is 17.7 Å². The van der Waals surface area contributed by atoms with Crippen molar-refractivity contribution in [3.63, 3.8) is 0 Å². The van der Waals surface area contributed by atoms with Crippen LogP contribution in [0.3, 0.4) is 0 Å². The minimum atomic E-state index is 0.402. The van der Waals surface area contributed by atoms with E-state index < -0.39 is 0 Å². The number of para-hydroxylation sites is 1. The van der Waals surface area contributed by atoms with Crippen molar-refractivity contribution in [1.29, 1.82) is 0 Å². The van der Waals surface area contributed by atoms with Crippen molar-refractivity contribution >= 4 is 22.7 Å². The number of ether oxygens (including phenoxy) is 1. The molecule has 1 N–H and O–H groups in total. The van der Waals surface area contributed by atoms with Crippen molar-refractivity contribution in [3.8, 4) is 5.75 Å².